The standard InChI is InChI=1S/C15H15IO/c1-10-7-8-11(2)13(9-10)15(17)12-5-3-4-6-14(12)16/h3-9,15,17H,1-2H3. The normalized spacial score (nSPS) is 12.5. The van der Waals surface area contributed by atoms with Crippen molar-refractivity contribution in [2.24, 2.45) is 0 Å². The van der Waals surface area contributed by atoms with Crippen molar-refractivity contribution < 1.29 is 5.11 Å². The molecule has 0 aliphatic rings. The molecule has 0 aromatic heterocycles. The van der Waals surface area contributed by atoms with E-state index in [1.807, 2.05) is 38.1 Å². The zero-order valence-corrected chi connectivity index (χ0v) is 12.1. The number of halogens is 1. The molecule has 2 aromatic rings. The van der Waals surface area contributed by atoms with Gasteiger partial charge in [0.25, 0.3) is 0 Å². The van der Waals surface area contributed by atoms with Gasteiger partial charge in [-0.2, -0.15) is 0 Å². The molecule has 0 amide bonds. The number of aryl methyl sites for hydroxylation is 2. The third-order valence-electron chi connectivity index (χ3n) is 2.93. The first-order chi connectivity index (χ1) is 8.09. The van der Waals surface area contributed by atoms with Crippen LogP contribution in [0.3, 0.4) is 0 Å². The van der Waals surface area contributed by atoms with Crippen LogP contribution in [-0.2, 0) is 0 Å². The second-order valence-electron chi connectivity index (χ2n) is 4.28. The van der Waals surface area contributed by atoms with E-state index in [0.29, 0.717) is 0 Å². The number of aliphatic hydroxyl groups is 1. The fraction of sp³-hybridized carbons (Fsp3) is 0.200. The van der Waals surface area contributed by atoms with Crippen LogP contribution in [0.4, 0.5) is 0 Å². The summed E-state index contributed by atoms with van der Waals surface area (Å²) in [5.41, 5.74) is 4.27. The second kappa shape index (κ2) is 5.19. The Hall–Kier alpha value is -0.870. The molecule has 88 valence electrons. The number of hydrogen-bond acceptors (Lipinski definition) is 1. The summed E-state index contributed by atoms with van der Waals surface area (Å²) in [6, 6.07) is 14.1. The van der Waals surface area contributed by atoms with E-state index in [-0.39, 0.29) is 0 Å². The molecule has 0 spiro atoms. The molecule has 0 heterocycles. The van der Waals surface area contributed by atoms with E-state index in [0.717, 1.165) is 20.3 Å². The number of aliphatic hydroxyl groups excluding tert-OH is 1. The highest BCUT2D eigenvalue weighted by Crippen LogP contribution is 2.28. The Kier molecular flexibility index (Phi) is 3.84. The van der Waals surface area contributed by atoms with Crippen molar-refractivity contribution in [2.75, 3.05) is 0 Å². The maximum absolute atomic E-state index is 10.5. The van der Waals surface area contributed by atoms with Crippen molar-refractivity contribution in [1.82, 2.24) is 0 Å². The maximum Gasteiger partial charge on any atom is 0.105 e. The topological polar surface area (TPSA) is 20.2 Å². The Morgan fingerprint density at radius 1 is 1.00 bits per heavy atom. The second-order valence-corrected chi connectivity index (χ2v) is 5.45. The maximum atomic E-state index is 10.5. The summed E-state index contributed by atoms with van der Waals surface area (Å²) in [4.78, 5) is 0. The van der Waals surface area contributed by atoms with E-state index in [2.05, 4.69) is 40.8 Å². The third kappa shape index (κ3) is 2.69. The minimum Gasteiger partial charge on any atom is -0.384 e. The smallest absolute Gasteiger partial charge is 0.105 e. The van der Waals surface area contributed by atoms with Crippen LogP contribution in [0.2, 0.25) is 0 Å². The largest absolute Gasteiger partial charge is 0.384 e. The van der Waals surface area contributed by atoms with Crippen LogP contribution in [0.15, 0.2) is 42.5 Å². The van der Waals surface area contributed by atoms with Crippen molar-refractivity contribution in [2.45, 2.75) is 20.0 Å². The summed E-state index contributed by atoms with van der Waals surface area (Å²) < 4.78 is 1.10. The lowest BCUT2D eigenvalue weighted by molar-refractivity contribution is 0.218. The molecule has 0 fully saturated rings. The van der Waals surface area contributed by atoms with Crippen molar-refractivity contribution in [3.63, 3.8) is 0 Å². The highest BCUT2D eigenvalue weighted by atomic mass is 127. The highest BCUT2D eigenvalue weighted by molar-refractivity contribution is 14.1. The highest BCUT2D eigenvalue weighted by Gasteiger charge is 2.15. The first kappa shape index (κ1) is 12.6. The molecule has 0 aliphatic carbocycles. The zero-order chi connectivity index (χ0) is 12.4. The SMILES string of the molecule is Cc1ccc(C)c(C(O)c2ccccc2I)c1. The van der Waals surface area contributed by atoms with Crippen LogP contribution in [0.5, 0.6) is 0 Å². The Bertz CT molecular complexity index is 534. The molecular weight excluding hydrogens is 323 g/mol. The number of hydrogen-bond donors (Lipinski definition) is 1. The van der Waals surface area contributed by atoms with E-state index >= 15 is 0 Å². The Balaban J connectivity index is 2.47. The van der Waals surface area contributed by atoms with Gasteiger partial charge >= 0.3 is 0 Å². The lowest BCUT2D eigenvalue weighted by Crippen LogP contribution is -2.04. The molecule has 0 saturated heterocycles. The molecule has 0 bridgehead atoms. The quantitative estimate of drug-likeness (QED) is 0.821. The van der Waals surface area contributed by atoms with Gasteiger partial charge in [0, 0.05) is 3.57 Å². The van der Waals surface area contributed by atoms with Crippen molar-refractivity contribution in [1.29, 1.82) is 0 Å². The van der Waals surface area contributed by atoms with Crippen LogP contribution in [-0.4, -0.2) is 5.11 Å². The van der Waals surface area contributed by atoms with Gasteiger partial charge in [-0.15, -0.1) is 0 Å². The summed E-state index contributed by atoms with van der Waals surface area (Å²) in [6.07, 6.45) is -0.539. The van der Waals surface area contributed by atoms with Crippen molar-refractivity contribution in [3.05, 3.63) is 68.3 Å². The predicted molar refractivity (Wildman–Crippen MR) is 79.1 cm³/mol. The van der Waals surface area contributed by atoms with Crippen LogP contribution in [0, 0.1) is 17.4 Å². The lowest BCUT2D eigenvalue weighted by Gasteiger charge is -2.16. The summed E-state index contributed by atoms with van der Waals surface area (Å²) >= 11 is 2.26. The monoisotopic (exact) mass is 338 g/mol. The third-order valence-corrected chi connectivity index (χ3v) is 3.91. The van der Waals surface area contributed by atoms with Crippen molar-refractivity contribution >= 4 is 22.6 Å². The molecule has 1 nitrogen and oxygen atoms in total. The van der Waals surface area contributed by atoms with Crippen LogP contribution < -0.4 is 0 Å². The van der Waals surface area contributed by atoms with Gasteiger partial charge in [-0.25, -0.2) is 0 Å². The van der Waals surface area contributed by atoms with E-state index in [9.17, 15) is 5.11 Å². The summed E-state index contributed by atoms with van der Waals surface area (Å²) in [5, 5.41) is 10.5. The first-order valence-electron chi connectivity index (χ1n) is 5.59. The molecule has 17 heavy (non-hydrogen) atoms. The van der Waals surface area contributed by atoms with E-state index in [4.69, 9.17) is 0 Å². The molecule has 0 radical (unpaired) electrons. The van der Waals surface area contributed by atoms with E-state index in [1.165, 1.54) is 5.56 Å². The van der Waals surface area contributed by atoms with Crippen LogP contribution >= 0.6 is 22.6 Å². The summed E-state index contributed by atoms with van der Waals surface area (Å²) in [6.45, 7) is 4.08. The van der Waals surface area contributed by atoms with E-state index < -0.39 is 6.10 Å². The number of rotatable bonds is 2. The Labute approximate surface area is 116 Å². The molecule has 2 heteroatoms. The van der Waals surface area contributed by atoms with E-state index in [1.54, 1.807) is 0 Å². The van der Waals surface area contributed by atoms with Gasteiger partial charge in [0.15, 0.2) is 0 Å². The molecule has 1 N–H and O–H groups in total. The number of benzene rings is 2. The minimum absolute atomic E-state index is 0.539. The van der Waals surface area contributed by atoms with Gasteiger partial charge in [0.1, 0.15) is 6.10 Å². The van der Waals surface area contributed by atoms with Gasteiger partial charge < -0.3 is 5.11 Å². The first-order valence-corrected chi connectivity index (χ1v) is 6.67. The molecule has 0 saturated carbocycles. The summed E-state index contributed by atoms with van der Waals surface area (Å²) in [5.74, 6) is 0. The van der Waals surface area contributed by atoms with Crippen LogP contribution in [0.25, 0.3) is 0 Å². The minimum atomic E-state index is -0.539. The van der Waals surface area contributed by atoms with Gasteiger partial charge in [-0.3, -0.25) is 0 Å². The van der Waals surface area contributed by atoms with Gasteiger partial charge in [0.05, 0.1) is 0 Å². The fourth-order valence-electron chi connectivity index (χ4n) is 1.92. The molecular formula is C15H15IO. The average Bonchev–Trinajstić information content (AvgIpc) is 2.32. The molecule has 1 atom stereocenters. The van der Waals surface area contributed by atoms with Crippen LogP contribution in [0.1, 0.15) is 28.4 Å². The summed E-state index contributed by atoms with van der Waals surface area (Å²) in [7, 11) is 0. The lowest BCUT2D eigenvalue weighted by atomic mass is 9.96. The predicted octanol–water partition coefficient (Wildman–Crippen LogP) is 3.99. The van der Waals surface area contributed by atoms with Crippen molar-refractivity contribution in [3.8, 4) is 0 Å². The molecule has 2 rings (SSSR count). The molecule has 1 unspecified atom stereocenters. The van der Waals surface area contributed by atoms with Gasteiger partial charge in [-0.05, 0) is 59.2 Å². The van der Waals surface area contributed by atoms with Gasteiger partial charge in [-0.1, -0.05) is 42.0 Å². The molecule has 0 aliphatic heterocycles. The van der Waals surface area contributed by atoms with Gasteiger partial charge in [0.2, 0.25) is 0 Å². The average molecular weight is 338 g/mol. The Morgan fingerprint density at radius 2 is 1.71 bits per heavy atom. The molecule has 2 aromatic carbocycles. The Morgan fingerprint density at radius 3 is 2.41 bits per heavy atom. The zero-order valence-electron chi connectivity index (χ0n) is 9.94. The fourth-order valence-corrected chi connectivity index (χ4v) is 2.60.